The topological polar surface area (TPSA) is 35.5 Å². The van der Waals surface area contributed by atoms with E-state index in [1.807, 2.05) is 12.1 Å². The number of rotatable bonds is 12. The van der Waals surface area contributed by atoms with Crippen LogP contribution in [0.5, 0.6) is 5.75 Å². The molecule has 0 amide bonds. The van der Waals surface area contributed by atoms with Crippen LogP contribution < -0.4 is 4.74 Å². The molecule has 2 aromatic rings. The SMILES string of the molecule is CC(C)CC(c1ccc(C(=O)OCCOc2c(C(C)C)cc(C(C)C)cc2C(C)C)cc1)C(C)C. The zero-order valence-corrected chi connectivity index (χ0v) is 23.8. The Bertz CT molecular complexity index is 907. The molecular weight excluding hydrogens is 432 g/mol. The van der Waals surface area contributed by atoms with Gasteiger partial charge in [0.05, 0.1) is 5.56 Å². The summed E-state index contributed by atoms with van der Waals surface area (Å²) in [4.78, 5) is 12.6. The van der Waals surface area contributed by atoms with Crippen molar-refractivity contribution in [2.75, 3.05) is 13.2 Å². The smallest absolute Gasteiger partial charge is 0.338 e. The van der Waals surface area contributed by atoms with Gasteiger partial charge in [0.25, 0.3) is 0 Å². The number of carbonyl (C=O) groups excluding carboxylic acids is 1. The van der Waals surface area contributed by atoms with E-state index in [-0.39, 0.29) is 12.6 Å². The fraction of sp³-hybridized carbons (Fsp3) is 0.594. The first kappa shape index (κ1) is 28.9. The van der Waals surface area contributed by atoms with Gasteiger partial charge in [-0.2, -0.15) is 0 Å². The third kappa shape index (κ3) is 8.12. The summed E-state index contributed by atoms with van der Waals surface area (Å²) < 4.78 is 11.8. The second kappa shape index (κ2) is 13.1. The third-order valence-electron chi connectivity index (χ3n) is 6.75. The van der Waals surface area contributed by atoms with Gasteiger partial charge in [-0.1, -0.05) is 93.5 Å². The maximum Gasteiger partial charge on any atom is 0.338 e. The van der Waals surface area contributed by atoms with E-state index >= 15 is 0 Å². The minimum absolute atomic E-state index is 0.226. The van der Waals surface area contributed by atoms with E-state index in [4.69, 9.17) is 9.47 Å². The van der Waals surface area contributed by atoms with E-state index in [2.05, 4.69) is 93.5 Å². The van der Waals surface area contributed by atoms with E-state index in [0.29, 0.717) is 47.7 Å². The summed E-state index contributed by atoms with van der Waals surface area (Å²) in [7, 11) is 0. The second-order valence-corrected chi connectivity index (χ2v) is 11.6. The molecule has 0 aromatic heterocycles. The highest BCUT2D eigenvalue weighted by molar-refractivity contribution is 5.89. The normalized spacial score (nSPS) is 12.8. The molecule has 3 nitrogen and oxygen atoms in total. The highest BCUT2D eigenvalue weighted by Gasteiger charge is 2.20. The molecule has 1 unspecified atom stereocenters. The minimum atomic E-state index is -0.298. The van der Waals surface area contributed by atoms with Gasteiger partial charge >= 0.3 is 5.97 Å². The van der Waals surface area contributed by atoms with Gasteiger partial charge in [0.2, 0.25) is 0 Å². The Balaban J connectivity index is 2.05. The van der Waals surface area contributed by atoms with Crippen LogP contribution in [0.2, 0.25) is 0 Å². The standard InChI is InChI=1S/C32H48O3/c1-20(2)17-28(22(5)6)25-11-13-26(14-12-25)32(33)35-16-15-34-31-29(23(7)8)18-27(21(3)4)19-30(31)24(9)10/h11-14,18-24,28H,15-17H2,1-10H3. The summed E-state index contributed by atoms with van der Waals surface area (Å²) >= 11 is 0. The third-order valence-corrected chi connectivity index (χ3v) is 6.75. The second-order valence-electron chi connectivity index (χ2n) is 11.6. The number of benzene rings is 2. The Morgan fingerprint density at radius 3 is 1.69 bits per heavy atom. The molecule has 0 aliphatic rings. The molecule has 2 rings (SSSR count). The maximum atomic E-state index is 12.6. The van der Waals surface area contributed by atoms with Crippen molar-refractivity contribution in [2.24, 2.45) is 11.8 Å². The molecule has 194 valence electrons. The van der Waals surface area contributed by atoms with Gasteiger partial charge in [-0.05, 0) is 76.3 Å². The van der Waals surface area contributed by atoms with Crippen LogP contribution in [0.1, 0.15) is 132 Å². The van der Waals surface area contributed by atoms with Gasteiger partial charge in [-0.15, -0.1) is 0 Å². The Labute approximate surface area is 214 Å². The molecule has 3 heteroatoms. The Morgan fingerprint density at radius 2 is 1.26 bits per heavy atom. The van der Waals surface area contributed by atoms with Gasteiger partial charge in [0.15, 0.2) is 0 Å². The van der Waals surface area contributed by atoms with Crippen LogP contribution in [0, 0.1) is 11.8 Å². The summed E-state index contributed by atoms with van der Waals surface area (Å²) in [6.07, 6.45) is 1.15. The van der Waals surface area contributed by atoms with E-state index in [1.165, 1.54) is 22.3 Å². The monoisotopic (exact) mass is 480 g/mol. The zero-order valence-electron chi connectivity index (χ0n) is 23.8. The number of carbonyl (C=O) groups is 1. The van der Waals surface area contributed by atoms with Crippen molar-refractivity contribution in [1.29, 1.82) is 0 Å². The molecule has 0 spiro atoms. The lowest BCUT2D eigenvalue weighted by Crippen LogP contribution is -2.15. The molecule has 0 fully saturated rings. The number of hydrogen-bond acceptors (Lipinski definition) is 3. The lowest BCUT2D eigenvalue weighted by Gasteiger charge is -2.23. The van der Waals surface area contributed by atoms with E-state index in [0.717, 1.165) is 12.2 Å². The lowest BCUT2D eigenvalue weighted by atomic mass is 9.82. The Kier molecular flexibility index (Phi) is 10.9. The molecular formula is C32H48O3. The minimum Gasteiger partial charge on any atom is -0.489 e. The van der Waals surface area contributed by atoms with E-state index in [9.17, 15) is 4.79 Å². The van der Waals surface area contributed by atoms with Crippen LogP contribution in [-0.4, -0.2) is 19.2 Å². The fourth-order valence-corrected chi connectivity index (χ4v) is 4.59. The largest absolute Gasteiger partial charge is 0.489 e. The first-order chi connectivity index (χ1) is 16.4. The predicted octanol–water partition coefficient (Wildman–Crippen LogP) is 9.08. The molecule has 0 radical (unpaired) electrons. The van der Waals surface area contributed by atoms with Crippen molar-refractivity contribution in [3.63, 3.8) is 0 Å². The first-order valence-electron chi connectivity index (χ1n) is 13.5. The predicted molar refractivity (Wildman–Crippen MR) is 148 cm³/mol. The van der Waals surface area contributed by atoms with Crippen molar-refractivity contribution < 1.29 is 14.3 Å². The van der Waals surface area contributed by atoms with Gasteiger partial charge < -0.3 is 9.47 Å². The molecule has 0 aliphatic carbocycles. The van der Waals surface area contributed by atoms with Crippen molar-refractivity contribution in [1.82, 2.24) is 0 Å². The van der Waals surface area contributed by atoms with E-state index in [1.54, 1.807) is 0 Å². The van der Waals surface area contributed by atoms with Gasteiger partial charge in [-0.3, -0.25) is 0 Å². The summed E-state index contributed by atoms with van der Waals surface area (Å²) in [6, 6.07) is 12.5. The van der Waals surface area contributed by atoms with Gasteiger partial charge in [0.1, 0.15) is 19.0 Å². The Hall–Kier alpha value is -2.29. The lowest BCUT2D eigenvalue weighted by molar-refractivity contribution is 0.0449. The molecule has 0 saturated carbocycles. The van der Waals surface area contributed by atoms with Crippen LogP contribution in [0.15, 0.2) is 36.4 Å². The van der Waals surface area contributed by atoms with Crippen molar-refractivity contribution >= 4 is 5.97 Å². The highest BCUT2D eigenvalue weighted by atomic mass is 16.6. The van der Waals surface area contributed by atoms with Crippen LogP contribution in [0.3, 0.4) is 0 Å². The first-order valence-corrected chi connectivity index (χ1v) is 13.5. The summed E-state index contributed by atoms with van der Waals surface area (Å²) in [5.74, 6) is 3.53. The molecule has 0 aliphatic heterocycles. The molecule has 2 aromatic carbocycles. The number of hydrogen-bond donors (Lipinski definition) is 0. The quantitative estimate of drug-likeness (QED) is 0.224. The molecule has 35 heavy (non-hydrogen) atoms. The van der Waals surface area contributed by atoms with Crippen LogP contribution in [-0.2, 0) is 4.74 Å². The molecule has 0 saturated heterocycles. The number of ether oxygens (including phenoxy) is 2. The van der Waals surface area contributed by atoms with Crippen molar-refractivity contribution in [3.05, 3.63) is 64.2 Å². The Morgan fingerprint density at radius 1 is 0.714 bits per heavy atom. The van der Waals surface area contributed by atoms with Crippen LogP contribution >= 0.6 is 0 Å². The highest BCUT2D eigenvalue weighted by Crippen LogP contribution is 2.37. The maximum absolute atomic E-state index is 12.6. The molecule has 0 bridgehead atoms. The van der Waals surface area contributed by atoms with Gasteiger partial charge in [-0.25, -0.2) is 4.79 Å². The van der Waals surface area contributed by atoms with Gasteiger partial charge in [0, 0.05) is 0 Å². The summed E-state index contributed by atoms with van der Waals surface area (Å²) in [5.41, 5.74) is 5.67. The van der Waals surface area contributed by atoms with Crippen molar-refractivity contribution in [3.8, 4) is 5.75 Å². The van der Waals surface area contributed by atoms with E-state index < -0.39 is 0 Å². The molecule has 0 heterocycles. The average Bonchev–Trinajstić information content (AvgIpc) is 2.79. The van der Waals surface area contributed by atoms with Crippen molar-refractivity contribution in [2.45, 2.75) is 99.3 Å². The zero-order chi connectivity index (χ0) is 26.3. The number of esters is 1. The fourth-order valence-electron chi connectivity index (χ4n) is 4.59. The average molecular weight is 481 g/mol. The van der Waals surface area contributed by atoms with Crippen LogP contribution in [0.4, 0.5) is 0 Å². The summed E-state index contributed by atoms with van der Waals surface area (Å²) in [5, 5.41) is 0. The molecule has 1 atom stereocenters. The van der Waals surface area contributed by atoms with Crippen LogP contribution in [0.25, 0.3) is 0 Å². The summed E-state index contributed by atoms with van der Waals surface area (Å²) in [6.45, 7) is 22.9. The molecule has 0 N–H and O–H groups in total.